The molecule has 0 unspecified atom stereocenters. The van der Waals surface area contributed by atoms with E-state index in [-0.39, 0.29) is 5.92 Å². The van der Waals surface area contributed by atoms with Gasteiger partial charge in [-0.25, -0.2) is 15.8 Å². The van der Waals surface area contributed by atoms with Crippen LogP contribution in [0.2, 0.25) is 10.0 Å². The molecule has 7 heteroatoms. The van der Waals surface area contributed by atoms with Crippen LogP contribution >= 0.6 is 23.2 Å². The molecule has 2 aromatic rings. The zero-order valence-corrected chi connectivity index (χ0v) is 13.5. The third-order valence-corrected chi connectivity index (χ3v) is 3.65. The van der Waals surface area contributed by atoms with Gasteiger partial charge in [0, 0.05) is 11.5 Å². The Morgan fingerprint density at radius 2 is 1.67 bits per heavy atom. The van der Waals surface area contributed by atoms with Crippen LogP contribution in [0.5, 0.6) is 0 Å². The Morgan fingerprint density at radius 3 is 2.19 bits per heavy atom. The summed E-state index contributed by atoms with van der Waals surface area (Å²) in [5.74, 6) is 7.56. The molecule has 0 bridgehead atoms. The number of nitrogens with zero attached hydrogens (tertiary/aromatic N) is 2. The maximum atomic E-state index is 6.18. The molecule has 0 saturated heterocycles. The predicted molar refractivity (Wildman–Crippen MR) is 88.4 cm³/mol. The van der Waals surface area contributed by atoms with Gasteiger partial charge in [0.2, 0.25) is 0 Å². The highest BCUT2D eigenvalue weighted by atomic mass is 35.5. The Kier molecular flexibility index (Phi) is 4.88. The first-order valence-electron chi connectivity index (χ1n) is 6.50. The van der Waals surface area contributed by atoms with E-state index in [4.69, 9.17) is 29.0 Å². The molecule has 0 aliphatic rings. The Hall–Kier alpha value is -1.56. The topological polar surface area (TPSA) is 75.9 Å². The lowest BCUT2D eigenvalue weighted by Crippen LogP contribution is -2.14. The average molecular weight is 326 g/mol. The third-order valence-electron chi connectivity index (χ3n) is 3.02. The van der Waals surface area contributed by atoms with E-state index in [1.807, 2.05) is 20.8 Å². The van der Waals surface area contributed by atoms with Crippen molar-refractivity contribution in [3.8, 4) is 0 Å². The number of hydrazine groups is 1. The molecule has 21 heavy (non-hydrogen) atoms. The van der Waals surface area contributed by atoms with Crippen molar-refractivity contribution in [3.05, 3.63) is 39.6 Å². The number of anilines is 3. The molecule has 1 aromatic heterocycles. The fraction of sp³-hybridized carbons (Fsp3) is 0.286. The molecule has 2 rings (SSSR count). The van der Waals surface area contributed by atoms with Crippen molar-refractivity contribution in [2.24, 2.45) is 5.84 Å². The summed E-state index contributed by atoms with van der Waals surface area (Å²) in [6.07, 6.45) is 0. The van der Waals surface area contributed by atoms with E-state index in [1.165, 1.54) is 0 Å². The Morgan fingerprint density at radius 1 is 1.10 bits per heavy atom. The highest BCUT2D eigenvalue weighted by Gasteiger charge is 2.14. The molecule has 0 amide bonds. The zero-order chi connectivity index (χ0) is 15.6. The fourth-order valence-corrected chi connectivity index (χ4v) is 2.28. The molecular formula is C14H17Cl2N5. The lowest BCUT2D eigenvalue weighted by molar-refractivity contribution is 0.774. The number of hydrogen-bond donors (Lipinski definition) is 3. The van der Waals surface area contributed by atoms with E-state index < -0.39 is 0 Å². The third kappa shape index (κ3) is 3.37. The van der Waals surface area contributed by atoms with E-state index in [2.05, 4.69) is 20.7 Å². The molecule has 0 atom stereocenters. The van der Waals surface area contributed by atoms with Crippen LogP contribution in [0.3, 0.4) is 0 Å². The number of hydrogen-bond acceptors (Lipinski definition) is 5. The normalized spacial score (nSPS) is 10.8. The predicted octanol–water partition coefficient (Wildman–Crippen LogP) is 4.24. The molecule has 0 aliphatic carbocycles. The van der Waals surface area contributed by atoms with Gasteiger partial charge in [-0.2, -0.15) is 0 Å². The second-order valence-electron chi connectivity index (χ2n) is 4.92. The summed E-state index contributed by atoms with van der Waals surface area (Å²) >= 11 is 12.4. The quantitative estimate of drug-likeness (QED) is 0.578. The molecule has 1 heterocycles. The van der Waals surface area contributed by atoms with Gasteiger partial charge in [-0.15, -0.1) is 0 Å². The van der Waals surface area contributed by atoms with Crippen LogP contribution in [-0.2, 0) is 0 Å². The molecule has 5 nitrogen and oxygen atoms in total. The number of nitrogens with two attached hydrogens (primary N) is 1. The van der Waals surface area contributed by atoms with E-state index in [1.54, 1.807) is 18.2 Å². The smallest absolute Gasteiger partial charge is 0.148 e. The number of benzene rings is 1. The van der Waals surface area contributed by atoms with Gasteiger partial charge >= 0.3 is 0 Å². The standard InChI is InChI=1S/C14H17Cl2N5/c1-7(2)12-19-13(8(3)14(20-12)21-17)18-11-9(15)5-4-6-10(11)16/h4-7H,17H2,1-3H3,(H2,18,19,20,21). The summed E-state index contributed by atoms with van der Waals surface area (Å²) in [4.78, 5) is 8.91. The first kappa shape index (κ1) is 15.8. The van der Waals surface area contributed by atoms with Gasteiger partial charge in [0.1, 0.15) is 17.5 Å². The van der Waals surface area contributed by atoms with Gasteiger partial charge in [-0.1, -0.05) is 43.1 Å². The van der Waals surface area contributed by atoms with Crippen LogP contribution in [0.15, 0.2) is 18.2 Å². The molecule has 0 fully saturated rings. The van der Waals surface area contributed by atoms with Gasteiger partial charge in [0.25, 0.3) is 0 Å². The highest BCUT2D eigenvalue weighted by Crippen LogP contribution is 2.34. The van der Waals surface area contributed by atoms with Crippen LogP contribution in [-0.4, -0.2) is 9.97 Å². The summed E-state index contributed by atoms with van der Waals surface area (Å²) in [7, 11) is 0. The van der Waals surface area contributed by atoms with Crippen LogP contribution in [0, 0.1) is 6.92 Å². The van der Waals surface area contributed by atoms with Crippen molar-refractivity contribution in [2.75, 3.05) is 10.7 Å². The first-order chi connectivity index (χ1) is 9.93. The minimum absolute atomic E-state index is 0.167. The molecule has 0 saturated carbocycles. The molecular weight excluding hydrogens is 309 g/mol. The van der Waals surface area contributed by atoms with Crippen molar-refractivity contribution >= 4 is 40.5 Å². The fourth-order valence-electron chi connectivity index (χ4n) is 1.79. The molecule has 0 spiro atoms. The maximum Gasteiger partial charge on any atom is 0.148 e. The van der Waals surface area contributed by atoms with Crippen LogP contribution in [0.4, 0.5) is 17.3 Å². The molecule has 112 valence electrons. The number of halogens is 2. The van der Waals surface area contributed by atoms with Gasteiger partial charge < -0.3 is 10.7 Å². The first-order valence-corrected chi connectivity index (χ1v) is 7.25. The molecule has 4 N–H and O–H groups in total. The Labute approximate surface area is 133 Å². The summed E-state index contributed by atoms with van der Waals surface area (Å²) in [6.45, 7) is 5.89. The van der Waals surface area contributed by atoms with E-state index in [0.717, 1.165) is 5.56 Å². The van der Waals surface area contributed by atoms with Crippen molar-refractivity contribution in [2.45, 2.75) is 26.7 Å². The number of para-hydroxylation sites is 1. The number of aromatic nitrogens is 2. The summed E-state index contributed by atoms with van der Waals surface area (Å²) in [5.41, 5.74) is 3.99. The van der Waals surface area contributed by atoms with Gasteiger partial charge in [-0.3, -0.25) is 0 Å². The van der Waals surface area contributed by atoms with Crippen LogP contribution in [0.1, 0.15) is 31.2 Å². The monoisotopic (exact) mass is 325 g/mol. The van der Waals surface area contributed by atoms with Gasteiger partial charge in [0.05, 0.1) is 15.7 Å². The summed E-state index contributed by atoms with van der Waals surface area (Å²) in [5, 5.41) is 4.21. The average Bonchev–Trinajstić information content (AvgIpc) is 2.44. The van der Waals surface area contributed by atoms with Crippen molar-refractivity contribution < 1.29 is 0 Å². The minimum atomic E-state index is 0.167. The number of nitrogens with one attached hydrogen (secondary N) is 2. The number of rotatable bonds is 4. The Balaban J connectivity index is 2.51. The second kappa shape index (κ2) is 6.47. The van der Waals surface area contributed by atoms with E-state index in [9.17, 15) is 0 Å². The SMILES string of the molecule is Cc1c(NN)nc(C(C)C)nc1Nc1c(Cl)cccc1Cl. The van der Waals surface area contributed by atoms with Crippen LogP contribution in [0.25, 0.3) is 0 Å². The van der Waals surface area contributed by atoms with Crippen LogP contribution < -0.4 is 16.6 Å². The Bertz CT molecular complexity index is 638. The maximum absolute atomic E-state index is 6.18. The zero-order valence-electron chi connectivity index (χ0n) is 12.0. The van der Waals surface area contributed by atoms with Gasteiger partial charge in [0.15, 0.2) is 0 Å². The number of nitrogen functional groups attached to an aromatic ring is 1. The van der Waals surface area contributed by atoms with E-state index >= 15 is 0 Å². The lowest BCUT2D eigenvalue weighted by Gasteiger charge is -2.16. The van der Waals surface area contributed by atoms with Crippen molar-refractivity contribution in [3.63, 3.8) is 0 Å². The molecule has 0 aliphatic heterocycles. The van der Waals surface area contributed by atoms with Crippen molar-refractivity contribution in [1.82, 2.24) is 9.97 Å². The molecule has 0 radical (unpaired) electrons. The van der Waals surface area contributed by atoms with Crippen molar-refractivity contribution in [1.29, 1.82) is 0 Å². The second-order valence-corrected chi connectivity index (χ2v) is 5.74. The van der Waals surface area contributed by atoms with E-state index in [0.29, 0.717) is 33.2 Å². The summed E-state index contributed by atoms with van der Waals surface area (Å²) < 4.78 is 0. The van der Waals surface area contributed by atoms with Gasteiger partial charge in [-0.05, 0) is 19.1 Å². The molecule has 1 aromatic carbocycles. The lowest BCUT2D eigenvalue weighted by atomic mass is 10.2. The highest BCUT2D eigenvalue weighted by molar-refractivity contribution is 6.39. The summed E-state index contributed by atoms with van der Waals surface area (Å²) in [6, 6.07) is 5.31. The largest absolute Gasteiger partial charge is 0.337 e. The minimum Gasteiger partial charge on any atom is -0.337 e.